The molecule has 2 aromatic rings. The molecule has 1 aromatic heterocycles. The second kappa shape index (κ2) is 6.96. The Morgan fingerprint density at radius 2 is 2.17 bits per heavy atom. The van der Waals surface area contributed by atoms with Gasteiger partial charge in [-0.3, -0.25) is 9.48 Å². The van der Waals surface area contributed by atoms with Gasteiger partial charge in [0.2, 0.25) is 5.91 Å². The third kappa shape index (κ3) is 3.29. The molecule has 1 aromatic carbocycles. The Bertz CT molecular complexity index is 653. The minimum absolute atomic E-state index is 0.0129. The van der Waals surface area contributed by atoms with Crippen molar-refractivity contribution in [1.29, 1.82) is 0 Å². The van der Waals surface area contributed by atoms with Gasteiger partial charge in [0, 0.05) is 19.3 Å². The predicted molar refractivity (Wildman–Crippen MR) is 87.7 cm³/mol. The summed E-state index contributed by atoms with van der Waals surface area (Å²) in [7, 11) is 0. The molecule has 3 atom stereocenters. The largest absolute Gasteiger partial charge is 0.371 e. The van der Waals surface area contributed by atoms with Crippen molar-refractivity contribution in [1.82, 2.24) is 15.1 Å². The molecule has 0 spiro atoms. The van der Waals surface area contributed by atoms with Crippen LogP contribution in [0.3, 0.4) is 0 Å². The fourth-order valence-corrected chi connectivity index (χ4v) is 3.14. The van der Waals surface area contributed by atoms with Crippen LogP contribution in [0.2, 0.25) is 0 Å². The lowest BCUT2D eigenvalue weighted by molar-refractivity contribution is -0.127. The summed E-state index contributed by atoms with van der Waals surface area (Å²) in [4.78, 5) is 12.7. The summed E-state index contributed by atoms with van der Waals surface area (Å²) in [6.07, 6.45) is 2.30. The molecule has 23 heavy (non-hydrogen) atoms. The van der Waals surface area contributed by atoms with Crippen LogP contribution in [0.1, 0.15) is 43.7 Å². The first-order valence-corrected chi connectivity index (χ1v) is 8.19. The van der Waals surface area contributed by atoms with E-state index in [0.29, 0.717) is 6.61 Å². The molecule has 1 aliphatic heterocycles. The fourth-order valence-electron chi connectivity index (χ4n) is 3.14. The highest BCUT2D eigenvalue weighted by Crippen LogP contribution is 2.35. The van der Waals surface area contributed by atoms with Gasteiger partial charge >= 0.3 is 0 Å². The topological polar surface area (TPSA) is 56.2 Å². The van der Waals surface area contributed by atoms with E-state index in [9.17, 15) is 4.79 Å². The Labute approximate surface area is 136 Å². The number of carbonyl (C=O) groups is 1. The molecule has 1 N–H and O–H groups in total. The average molecular weight is 313 g/mol. The standard InChI is InChI=1S/C18H23N3O2/c1-3-21-16(9-11-19-21)17-15(10-12-23-17)18(22)20-13(2)14-7-5-4-6-8-14/h4-9,11,13,15,17H,3,10,12H2,1-2H3,(H,20,22)/t13-,15+,17+/m0/s1. The molecule has 1 amide bonds. The fraction of sp³-hybridized carbons (Fsp3) is 0.444. The molecule has 122 valence electrons. The van der Waals surface area contributed by atoms with Crippen LogP contribution < -0.4 is 5.32 Å². The Kier molecular flexibility index (Phi) is 4.76. The quantitative estimate of drug-likeness (QED) is 0.923. The van der Waals surface area contributed by atoms with Crippen molar-refractivity contribution in [2.24, 2.45) is 5.92 Å². The Hall–Kier alpha value is -2.14. The first kappa shape index (κ1) is 15.7. The van der Waals surface area contributed by atoms with E-state index in [-0.39, 0.29) is 24.0 Å². The molecule has 1 aliphatic rings. The summed E-state index contributed by atoms with van der Waals surface area (Å²) in [5.74, 6) is -0.115. The third-order valence-corrected chi connectivity index (χ3v) is 4.43. The zero-order chi connectivity index (χ0) is 16.2. The van der Waals surface area contributed by atoms with Crippen LogP contribution >= 0.6 is 0 Å². The van der Waals surface area contributed by atoms with Crippen LogP contribution in [0.4, 0.5) is 0 Å². The average Bonchev–Trinajstić information content (AvgIpc) is 3.23. The van der Waals surface area contributed by atoms with E-state index < -0.39 is 0 Å². The molecule has 3 rings (SSSR count). The smallest absolute Gasteiger partial charge is 0.226 e. The normalized spacial score (nSPS) is 22.0. The Morgan fingerprint density at radius 1 is 1.39 bits per heavy atom. The summed E-state index contributed by atoms with van der Waals surface area (Å²) in [5, 5.41) is 7.41. The lowest BCUT2D eigenvalue weighted by atomic mass is 9.97. The van der Waals surface area contributed by atoms with Gasteiger partial charge in [0.1, 0.15) is 6.10 Å². The van der Waals surface area contributed by atoms with Crippen LogP contribution in [0.25, 0.3) is 0 Å². The number of aryl methyl sites for hydroxylation is 1. The van der Waals surface area contributed by atoms with E-state index in [4.69, 9.17) is 4.74 Å². The first-order chi connectivity index (χ1) is 11.2. The molecule has 0 radical (unpaired) electrons. The molecule has 0 bridgehead atoms. The van der Waals surface area contributed by atoms with E-state index >= 15 is 0 Å². The maximum absolute atomic E-state index is 12.7. The van der Waals surface area contributed by atoms with E-state index in [1.807, 2.05) is 54.9 Å². The minimum Gasteiger partial charge on any atom is -0.371 e. The molecule has 1 fully saturated rings. The SMILES string of the molecule is CCn1nccc1[C@@H]1OCC[C@H]1C(=O)N[C@@H](C)c1ccccc1. The maximum atomic E-state index is 12.7. The number of hydrogen-bond acceptors (Lipinski definition) is 3. The van der Waals surface area contributed by atoms with Crippen molar-refractivity contribution in [3.8, 4) is 0 Å². The van der Waals surface area contributed by atoms with Crippen LogP contribution in [0.5, 0.6) is 0 Å². The molecule has 5 heteroatoms. The lowest BCUT2D eigenvalue weighted by Crippen LogP contribution is -2.34. The van der Waals surface area contributed by atoms with Crippen molar-refractivity contribution >= 4 is 5.91 Å². The van der Waals surface area contributed by atoms with Crippen LogP contribution in [0.15, 0.2) is 42.6 Å². The van der Waals surface area contributed by atoms with E-state index in [0.717, 1.165) is 24.2 Å². The molecule has 0 unspecified atom stereocenters. The number of amides is 1. The number of benzene rings is 1. The molecule has 2 heterocycles. The Balaban J connectivity index is 1.71. The number of nitrogens with one attached hydrogen (secondary N) is 1. The highest BCUT2D eigenvalue weighted by atomic mass is 16.5. The minimum atomic E-state index is -0.208. The molecule has 1 saturated heterocycles. The number of carbonyl (C=O) groups excluding carboxylic acids is 1. The highest BCUT2D eigenvalue weighted by molar-refractivity contribution is 5.80. The predicted octanol–water partition coefficient (Wildman–Crippen LogP) is 2.86. The van der Waals surface area contributed by atoms with Crippen molar-refractivity contribution in [3.63, 3.8) is 0 Å². The van der Waals surface area contributed by atoms with E-state index in [1.54, 1.807) is 6.20 Å². The van der Waals surface area contributed by atoms with Crippen LogP contribution in [0, 0.1) is 5.92 Å². The van der Waals surface area contributed by atoms with Crippen molar-refractivity contribution in [2.75, 3.05) is 6.61 Å². The second-order valence-electron chi connectivity index (χ2n) is 5.90. The number of nitrogens with zero attached hydrogens (tertiary/aromatic N) is 2. The van der Waals surface area contributed by atoms with Gasteiger partial charge in [0.15, 0.2) is 0 Å². The van der Waals surface area contributed by atoms with Crippen LogP contribution in [-0.4, -0.2) is 22.3 Å². The van der Waals surface area contributed by atoms with Gasteiger partial charge in [0.05, 0.1) is 17.7 Å². The number of aromatic nitrogens is 2. The molecular formula is C18H23N3O2. The number of hydrogen-bond donors (Lipinski definition) is 1. The maximum Gasteiger partial charge on any atom is 0.226 e. The lowest BCUT2D eigenvalue weighted by Gasteiger charge is -2.22. The first-order valence-electron chi connectivity index (χ1n) is 8.19. The zero-order valence-electron chi connectivity index (χ0n) is 13.6. The van der Waals surface area contributed by atoms with Crippen LogP contribution in [-0.2, 0) is 16.1 Å². The molecule has 0 saturated carbocycles. The summed E-state index contributed by atoms with van der Waals surface area (Å²) in [6.45, 7) is 5.43. The summed E-state index contributed by atoms with van der Waals surface area (Å²) < 4.78 is 7.74. The van der Waals surface area contributed by atoms with Gasteiger partial charge in [-0.05, 0) is 31.9 Å². The molecule has 0 aliphatic carbocycles. The van der Waals surface area contributed by atoms with Gasteiger partial charge in [-0.15, -0.1) is 0 Å². The highest BCUT2D eigenvalue weighted by Gasteiger charge is 2.37. The summed E-state index contributed by atoms with van der Waals surface area (Å²) in [6, 6.07) is 11.9. The second-order valence-corrected chi connectivity index (χ2v) is 5.90. The molecular weight excluding hydrogens is 290 g/mol. The van der Waals surface area contributed by atoms with Gasteiger partial charge in [-0.2, -0.15) is 5.10 Å². The van der Waals surface area contributed by atoms with E-state index in [1.165, 1.54) is 0 Å². The van der Waals surface area contributed by atoms with Gasteiger partial charge < -0.3 is 10.1 Å². The summed E-state index contributed by atoms with van der Waals surface area (Å²) >= 11 is 0. The van der Waals surface area contributed by atoms with Crippen molar-refractivity contribution in [2.45, 2.75) is 39.0 Å². The Morgan fingerprint density at radius 3 is 2.91 bits per heavy atom. The van der Waals surface area contributed by atoms with Gasteiger partial charge in [0.25, 0.3) is 0 Å². The van der Waals surface area contributed by atoms with E-state index in [2.05, 4.69) is 10.4 Å². The third-order valence-electron chi connectivity index (χ3n) is 4.43. The number of rotatable bonds is 5. The van der Waals surface area contributed by atoms with Gasteiger partial charge in [-0.25, -0.2) is 0 Å². The summed E-state index contributed by atoms with van der Waals surface area (Å²) in [5.41, 5.74) is 2.09. The van der Waals surface area contributed by atoms with Gasteiger partial charge in [-0.1, -0.05) is 30.3 Å². The van der Waals surface area contributed by atoms with Crippen molar-refractivity contribution < 1.29 is 9.53 Å². The molecule has 5 nitrogen and oxygen atoms in total. The van der Waals surface area contributed by atoms with Crippen molar-refractivity contribution in [3.05, 3.63) is 53.9 Å². The zero-order valence-corrected chi connectivity index (χ0v) is 13.6. The monoisotopic (exact) mass is 313 g/mol. The number of ether oxygens (including phenoxy) is 1.